The van der Waals surface area contributed by atoms with Crippen molar-refractivity contribution in [1.82, 2.24) is 14.5 Å². The Labute approximate surface area is 117 Å². The van der Waals surface area contributed by atoms with Gasteiger partial charge in [-0.1, -0.05) is 25.3 Å². The van der Waals surface area contributed by atoms with Crippen molar-refractivity contribution in [1.29, 1.82) is 0 Å². The van der Waals surface area contributed by atoms with Crippen molar-refractivity contribution in [2.24, 2.45) is 10.8 Å². The first-order valence-corrected chi connectivity index (χ1v) is 7.49. The lowest BCUT2D eigenvalue weighted by Gasteiger charge is -2.39. The van der Waals surface area contributed by atoms with Gasteiger partial charge in [-0.25, -0.2) is 4.79 Å². The molecule has 2 fully saturated rings. The van der Waals surface area contributed by atoms with Crippen LogP contribution in [0.3, 0.4) is 0 Å². The maximum Gasteiger partial charge on any atom is 0.322 e. The molecule has 6 heteroatoms. The molecule has 104 valence electrons. The van der Waals surface area contributed by atoms with Gasteiger partial charge in [-0.15, -0.1) is 5.10 Å². The monoisotopic (exact) mass is 280 g/mol. The standard InChI is InChI=1S/C13H20N4OS/c1-12(2)4-9-5-13(3,7-12)8-17(9)11(18)15-10-6-14-16-19-10/h6,9H,4-5,7-8H2,1-3H3,(H,15,18)/t9-,13-/m1/s1. The number of nitrogens with zero attached hydrogens (tertiary/aromatic N) is 3. The van der Waals surface area contributed by atoms with Gasteiger partial charge in [0.25, 0.3) is 0 Å². The molecule has 3 rings (SSSR count). The molecule has 0 unspecified atom stereocenters. The highest BCUT2D eigenvalue weighted by atomic mass is 32.1. The summed E-state index contributed by atoms with van der Waals surface area (Å²) >= 11 is 1.21. The van der Waals surface area contributed by atoms with E-state index in [9.17, 15) is 4.79 Å². The predicted molar refractivity (Wildman–Crippen MR) is 75.2 cm³/mol. The van der Waals surface area contributed by atoms with Crippen LogP contribution in [0.2, 0.25) is 0 Å². The van der Waals surface area contributed by atoms with E-state index >= 15 is 0 Å². The van der Waals surface area contributed by atoms with Crippen molar-refractivity contribution in [2.75, 3.05) is 11.9 Å². The summed E-state index contributed by atoms with van der Waals surface area (Å²) in [6, 6.07) is 0.368. The number of aromatic nitrogens is 2. The van der Waals surface area contributed by atoms with E-state index < -0.39 is 0 Å². The summed E-state index contributed by atoms with van der Waals surface area (Å²) < 4.78 is 3.76. The zero-order valence-electron chi connectivity index (χ0n) is 11.6. The van der Waals surface area contributed by atoms with Crippen molar-refractivity contribution in [2.45, 2.75) is 46.1 Å². The topological polar surface area (TPSA) is 58.1 Å². The van der Waals surface area contributed by atoms with Crippen LogP contribution in [-0.2, 0) is 0 Å². The molecule has 1 aliphatic carbocycles. The summed E-state index contributed by atoms with van der Waals surface area (Å²) in [5, 5.41) is 7.36. The van der Waals surface area contributed by atoms with Crippen LogP contribution >= 0.6 is 11.5 Å². The third kappa shape index (κ3) is 2.45. The summed E-state index contributed by atoms with van der Waals surface area (Å²) in [6.45, 7) is 7.79. The van der Waals surface area contributed by atoms with Crippen LogP contribution in [0.4, 0.5) is 9.80 Å². The average molecular weight is 280 g/mol. The van der Waals surface area contributed by atoms with E-state index in [1.54, 1.807) is 6.20 Å². The van der Waals surface area contributed by atoms with E-state index in [0.717, 1.165) is 24.4 Å². The Hall–Kier alpha value is -1.17. The highest BCUT2D eigenvalue weighted by Gasteiger charge is 2.51. The van der Waals surface area contributed by atoms with Gasteiger partial charge in [-0.2, -0.15) is 0 Å². The lowest BCUT2D eigenvalue weighted by Crippen LogP contribution is -2.40. The number of rotatable bonds is 1. The quantitative estimate of drug-likeness (QED) is 0.860. The Kier molecular flexibility index (Phi) is 2.81. The number of hydrogen-bond donors (Lipinski definition) is 1. The molecule has 1 aromatic rings. The number of nitrogens with one attached hydrogen (secondary N) is 1. The third-order valence-corrected chi connectivity index (χ3v) is 4.85. The first-order valence-electron chi connectivity index (χ1n) is 6.72. The maximum atomic E-state index is 12.4. The molecule has 2 atom stereocenters. The fourth-order valence-electron chi connectivity index (χ4n) is 4.10. The minimum atomic E-state index is -0.00234. The highest BCUT2D eigenvalue weighted by molar-refractivity contribution is 7.10. The maximum absolute atomic E-state index is 12.4. The van der Waals surface area contributed by atoms with E-state index in [1.165, 1.54) is 18.0 Å². The molecular formula is C13H20N4OS. The molecule has 1 aromatic heterocycles. The van der Waals surface area contributed by atoms with Crippen LogP contribution < -0.4 is 5.32 Å². The summed E-state index contributed by atoms with van der Waals surface area (Å²) in [5.74, 6) is 0. The number of fused-ring (bicyclic) bond motifs is 2. The van der Waals surface area contributed by atoms with Gasteiger partial charge in [0.15, 0.2) is 0 Å². The molecule has 2 aliphatic rings. The Morgan fingerprint density at radius 2 is 2.26 bits per heavy atom. The van der Waals surface area contributed by atoms with Crippen molar-refractivity contribution < 1.29 is 4.79 Å². The normalized spacial score (nSPS) is 32.4. The van der Waals surface area contributed by atoms with Gasteiger partial charge in [0.05, 0.1) is 6.20 Å². The number of hydrogen-bond acceptors (Lipinski definition) is 4. The molecule has 0 radical (unpaired) electrons. The minimum absolute atomic E-state index is 0.00234. The second kappa shape index (κ2) is 4.16. The molecule has 2 bridgehead atoms. The molecule has 0 aromatic carbocycles. The van der Waals surface area contributed by atoms with E-state index in [1.807, 2.05) is 4.90 Å². The van der Waals surface area contributed by atoms with Crippen molar-refractivity contribution in [3.63, 3.8) is 0 Å². The molecule has 0 spiro atoms. The molecule has 19 heavy (non-hydrogen) atoms. The number of urea groups is 1. The van der Waals surface area contributed by atoms with Gasteiger partial charge >= 0.3 is 6.03 Å². The minimum Gasteiger partial charge on any atom is -0.321 e. The van der Waals surface area contributed by atoms with Crippen molar-refractivity contribution >= 4 is 22.6 Å². The highest BCUT2D eigenvalue weighted by Crippen LogP contribution is 2.52. The van der Waals surface area contributed by atoms with Gasteiger partial charge in [0.2, 0.25) is 0 Å². The van der Waals surface area contributed by atoms with Crippen LogP contribution in [0.25, 0.3) is 0 Å². The van der Waals surface area contributed by atoms with Crippen LogP contribution in [0.5, 0.6) is 0 Å². The number of carbonyl (C=O) groups excluding carboxylic acids is 1. The van der Waals surface area contributed by atoms with Crippen LogP contribution in [-0.4, -0.2) is 33.1 Å². The average Bonchev–Trinajstić information content (AvgIpc) is 2.83. The first kappa shape index (κ1) is 12.8. The van der Waals surface area contributed by atoms with E-state index in [0.29, 0.717) is 11.5 Å². The molecule has 2 heterocycles. The first-order chi connectivity index (χ1) is 8.87. The van der Waals surface area contributed by atoms with E-state index in [2.05, 4.69) is 35.7 Å². The van der Waals surface area contributed by atoms with E-state index in [4.69, 9.17) is 0 Å². The second-order valence-electron chi connectivity index (χ2n) is 7.05. The SMILES string of the molecule is CC1(C)C[C@@H]2C[C@@](C)(CN2C(=O)Nc2cnns2)C1. The lowest BCUT2D eigenvalue weighted by molar-refractivity contribution is 0.130. The molecule has 2 amide bonds. The van der Waals surface area contributed by atoms with Crippen LogP contribution in [0.1, 0.15) is 40.0 Å². The molecule has 1 N–H and O–H groups in total. The third-order valence-electron chi connectivity index (χ3n) is 4.27. The number of amides is 2. The van der Waals surface area contributed by atoms with Crippen molar-refractivity contribution in [3.8, 4) is 0 Å². The predicted octanol–water partition coefficient (Wildman–Crippen LogP) is 2.97. The fourth-order valence-corrected chi connectivity index (χ4v) is 4.51. The second-order valence-corrected chi connectivity index (χ2v) is 7.84. The summed E-state index contributed by atoms with van der Waals surface area (Å²) in [7, 11) is 0. The largest absolute Gasteiger partial charge is 0.322 e. The number of anilines is 1. The zero-order valence-corrected chi connectivity index (χ0v) is 12.5. The van der Waals surface area contributed by atoms with Crippen LogP contribution in [0.15, 0.2) is 6.20 Å². The van der Waals surface area contributed by atoms with Crippen molar-refractivity contribution in [3.05, 3.63) is 6.20 Å². The number of likely N-dealkylation sites (tertiary alicyclic amines) is 1. The number of carbonyl (C=O) groups is 1. The summed E-state index contributed by atoms with van der Waals surface area (Å²) in [6.07, 6.45) is 5.01. The Morgan fingerprint density at radius 3 is 2.95 bits per heavy atom. The van der Waals surface area contributed by atoms with Crippen LogP contribution in [0, 0.1) is 10.8 Å². The smallest absolute Gasteiger partial charge is 0.321 e. The van der Waals surface area contributed by atoms with E-state index in [-0.39, 0.29) is 11.4 Å². The molecular weight excluding hydrogens is 260 g/mol. The van der Waals surface area contributed by atoms with Gasteiger partial charge in [0.1, 0.15) is 5.00 Å². The molecule has 1 aliphatic heterocycles. The Morgan fingerprint density at radius 1 is 1.47 bits per heavy atom. The molecule has 5 nitrogen and oxygen atoms in total. The summed E-state index contributed by atoms with van der Waals surface area (Å²) in [4.78, 5) is 14.4. The fraction of sp³-hybridized carbons (Fsp3) is 0.769. The Bertz CT molecular complexity index is 487. The lowest BCUT2D eigenvalue weighted by atomic mass is 9.65. The van der Waals surface area contributed by atoms with Gasteiger partial charge in [-0.05, 0) is 30.1 Å². The van der Waals surface area contributed by atoms with Gasteiger partial charge in [-0.3, -0.25) is 5.32 Å². The zero-order chi connectivity index (χ0) is 13.7. The Balaban J connectivity index is 1.74. The summed E-state index contributed by atoms with van der Waals surface area (Å²) in [5.41, 5.74) is 0.606. The molecule has 1 saturated heterocycles. The van der Waals surface area contributed by atoms with Gasteiger partial charge in [0, 0.05) is 24.1 Å². The molecule has 1 saturated carbocycles. The van der Waals surface area contributed by atoms with Gasteiger partial charge < -0.3 is 4.90 Å².